The molecule has 0 saturated carbocycles. The predicted molar refractivity (Wildman–Crippen MR) is 352 cm³/mol. The third-order valence-electron chi connectivity index (χ3n) is 15.1. The highest BCUT2D eigenvalue weighted by molar-refractivity contribution is 5.70. The fourth-order valence-electron chi connectivity index (χ4n) is 9.99. The van der Waals surface area contributed by atoms with Crippen molar-refractivity contribution in [2.24, 2.45) is 0 Å². The van der Waals surface area contributed by atoms with Crippen LogP contribution in [-0.2, 0) is 19.1 Å². The first-order valence-electron chi connectivity index (χ1n) is 34.4. The minimum absolute atomic E-state index is 0.0651. The van der Waals surface area contributed by atoms with Gasteiger partial charge in [-0.3, -0.25) is 9.59 Å². The molecule has 0 aromatic heterocycles. The number of carbonyl (C=O) groups is 2. The zero-order valence-corrected chi connectivity index (χ0v) is 52.8. The Bertz CT molecular complexity index is 1540. The third-order valence-corrected chi connectivity index (χ3v) is 15.1. The number of hydrogen-bond donors (Lipinski definition) is 1. The molecule has 80 heavy (non-hydrogen) atoms. The molecule has 0 heterocycles. The Morgan fingerprint density at radius 2 is 0.500 bits per heavy atom. The van der Waals surface area contributed by atoms with E-state index in [2.05, 4.69) is 123 Å². The Morgan fingerprint density at radius 1 is 0.287 bits per heavy atom. The van der Waals surface area contributed by atoms with Crippen LogP contribution in [0.2, 0.25) is 0 Å². The minimum Gasteiger partial charge on any atom is -0.462 e. The van der Waals surface area contributed by atoms with Crippen LogP contribution >= 0.6 is 0 Å². The zero-order valence-electron chi connectivity index (χ0n) is 52.8. The van der Waals surface area contributed by atoms with Crippen molar-refractivity contribution in [1.82, 2.24) is 0 Å². The highest BCUT2D eigenvalue weighted by Gasteiger charge is 2.16. The maximum Gasteiger partial charge on any atom is 0.306 e. The first-order valence-corrected chi connectivity index (χ1v) is 34.4. The monoisotopic (exact) mass is 1110 g/mol. The van der Waals surface area contributed by atoms with Gasteiger partial charge in [-0.1, -0.05) is 335 Å². The zero-order chi connectivity index (χ0) is 57.6. The Kier molecular flexibility index (Phi) is 66.8. The van der Waals surface area contributed by atoms with Crippen LogP contribution in [0.3, 0.4) is 0 Å². The molecule has 0 aliphatic rings. The van der Waals surface area contributed by atoms with Crippen molar-refractivity contribution in [3.63, 3.8) is 0 Å². The molecule has 0 amide bonds. The molecule has 0 aliphatic heterocycles. The summed E-state index contributed by atoms with van der Waals surface area (Å²) in [4.78, 5) is 24.7. The van der Waals surface area contributed by atoms with Crippen molar-refractivity contribution in [3.8, 4) is 0 Å². The van der Waals surface area contributed by atoms with Gasteiger partial charge in [0.25, 0.3) is 0 Å². The van der Waals surface area contributed by atoms with E-state index in [4.69, 9.17) is 9.47 Å². The van der Waals surface area contributed by atoms with Crippen molar-refractivity contribution in [3.05, 3.63) is 109 Å². The van der Waals surface area contributed by atoms with Gasteiger partial charge in [0.2, 0.25) is 0 Å². The molecule has 1 atom stereocenters. The molecule has 0 aromatic rings. The molecule has 0 aromatic carbocycles. The molecule has 0 rings (SSSR count). The topological polar surface area (TPSA) is 72.8 Å². The van der Waals surface area contributed by atoms with E-state index in [1.807, 2.05) is 0 Å². The second-order valence-corrected chi connectivity index (χ2v) is 22.8. The lowest BCUT2D eigenvalue weighted by molar-refractivity contribution is -0.161. The lowest BCUT2D eigenvalue weighted by Crippen LogP contribution is -2.28. The van der Waals surface area contributed by atoms with Gasteiger partial charge in [-0.25, -0.2) is 0 Å². The van der Waals surface area contributed by atoms with Gasteiger partial charge < -0.3 is 14.6 Å². The Labute approximate surface area is 497 Å². The van der Waals surface area contributed by atoms with Crippen molar-refractivity contribution in [2.45, 2.75) is 341 Å². The SMILES string of the molecule is CC/C=C\C/C=C\C/C=C\C/C=C\C/C=C\CCCCCCCCCCCCCCCCCCCCCC(=O)OC(CO)COC(=O)CCCCCCCCCCCCCCCCCCCC/C=C\C/C=C\C/C=C\C/C=C\CC. The highest BCUT2D eigenvalue weighted by atomic mass is 16.6. The summed E-state index contributed by atoms with van der Waals surface area (Å²) in [6.45, 7) is 3.95. The van der Waals surface area contributed by atoms with Crippen LogP contribution < -0.4 is 0 Å². The van der Waals surface area contributed by atoms with Gasteiger partial charge in [-0.2, -0.15) is 0 Å². The van der Waals surface area contributed by atoms with E-state index >= 15 is 0 Å². The van der Waals surface area contributed by atoms with Gasteiger partial charge in [-0.05, 0) is 96.3 Å². The standard InChI is InChI=1S/C75H130O5/c1-3-5-7-9-11-13-15-17-19-21-23-25-27-29-31-33-35-36-37-38-40-42-44-46-48-50-52-54-56-58-60-62-64-66-68-70-75(78)80-73(71-76)72-79-74(77)69-67-65-63-61-59-57-55-53-51-49-47-45-43-41-39-34-32-30-28-26-24-22-20-18-16-14-12-10-8-6-4-2/h5-8,11-14,17-20,23-26,29,31,73,76H,3-4,9-10,15-16,21-22,27-28,30,32-72H2,1-2H3/b7-5-,8-6-,13-11-,14-12-,19-17-,20-18-,25-23-,26-24-,31-29-. The van der Waals surface area contributed by atoms with Crippen LogP contribution in [0.25, 0.3) is 0 Å². The summed E-state index contributed by atoms with van der Waals surface area (Å²) in [6.07, 6.45) is 101. The fourth-order valence-corrected chi connectivity index (χ4v) is 9.99. The number of hydrogen-bond acceptors (Lipinski definition) is 5. The second-order valence-electron chi connectivity index (χ2n) is 22.8. The number of carbonyl (C=O) groups excluding carboxylic acids is 2. The fraction of sp³-hybridized carbons (Fsp3) is 0.733. The summed E-state index contributed by atoms with van der Waals surface area (Å²) < 4.78 is 10.8. The van der Waals surface area contributed by atoms with Crippen LogP contribution in [0, 0.1) is 0 Å². The molecule has 0 bridgehead atoms. The first-order chi connectivity index (χ1) is 39.6. The van der Waals surface area contributed by atoms with Crippen molar-refractivity contribution >= 4 is 11.9 Å². The Balaban J connectivity index is 3.43. The second kappa shape index (κ2) is 69.8. The summed E-state index contributed by atoms with van der Waals surface area (Å²) in [5.74, 6) is -0.577. The number of aliphatic hydroxyl groups is 1. The van der Waals surface area contributed by atoms with Crippen molar-refractivity contribution in [1.29, 1.82) is 0 Å². The lowest BCUT2D eigenvalue weighted by atomic mass is 10.0. The van der Waals surface area contributed by atoms with Crippen LogP contribution in [-0.4, -0.2) is 36.4 Å². The van der Waals surface area contributed by atoms with Gasteiger partial charge in [-0.15, -0.1) is 0 Å². The number of aliphatic hydroxyl groups excluding tert-OH is 1. The highest BCUT2D eigenvalue weighted by Crippen LogP contribution is 2.18. The molecule has 1 N–H and O–H groups in total. The molecule has 0 saturated heterocycles. The molecule has 0 spiro atoms. The summed E-state index contributed by atoms with van der Waals surface area (Å²) in [6, 6.07) is 0. The van der Waals surface area contributed by atoms with Crippen LogP contribution in [0.1, 0.15) is 335 Å². The van der Waals surface area contributed by atoms with E-state index in [9.17, 15) is 14.7 Å². The molecular weight excluding hydrogens is 981 g/mol. The van der Waals surface area contributed by atoms with E-state index in [0.29, 0.717) is 12.8 Å². The number of ether oxygens (including phenoxy) is 2. The first kappa shape index (κ1) is 76.6. The summed E-state index contributed by atoms with van der Waals surface area (Å²) in [7, 11) is 0. The van der Waals surface area contributed by atoms with E-state index in [1.165, 1.54) is 212 Å². The van der Waals surface area contributed by atoms with Crippen molar-refractivity contribution < 1.29 is 24.2 Å². The van der Waals surface area contributed by atoms with Crippen LogP contribution in [0.5, 0.6) is 0 Å². The maximum absolute atomic E-state index is 12.4. The molecule has 0 aliphatic carbocycles. The number of rotatable bonds is 63. The van der Waals surface area contributed by atoms with E-state index in [0.717, 1.165) is 96.3 Å². The minimum atomic E-state index is -0.776. The van der Waals surface area contributed by atoms with E-state index in [-0.39, 0.29) is 25.2 Å². The predicted octanol–water partition coefficient (Wildman–Crippen LogP) is 24.0. The number of allylic oxidation sites excluding steroid dienone is 18. The summed E-state index contributed by atoms with van der Waals surface area (Å²) in [5.41, 5.74) is 0. The smallest absolute Gasteiger partial charge is 0.306 e. The Hall–Kier alpha value is -3.44. The Morgan fingerprint density at radius 3 is 0.750 bits per heavy atom. The molecule has 5 heteroatoms. The molecular formula is C75H130O5. The van der Waals surface area contributed by atoms with Crippen LogP contribution in [0.15, 0.2) is 109 Å². The quantitative estimate of drug-likeness (QED) is 0.0373. The van der Waals surface area contributed by atoms with Gasteiger partial charge in [0, 0.05) is 12.8 Å². The number of esters is 2. The number of unbranched alkanes of at least 4 members (excludes halogenated alkanes) is 37. The molecule has 0 fully saturated rings. The largest absolute Gasteiger partial charge is 0.462 e. The maximum atomic E-state index is 12.4. The van der Waals surface area contributed by atoms with Crippen molar-refractivity contribution in [2.75, 3.05) is 13.2 Å². The normalized spacial score (nSPS) is 12.9. The lowest BCUT2D eigenvalue weighted by Gasteiger charge is -2.15. The summed E-state index contributed by atoms with van der Waals surface area (Å²) in [5, 5.41) is 9.70. The molecule has 1 unspecified atom stereocenters. The van der Waals surface area contributed by atoms with E-state index < -0.39 is 6.10 Å². The van der Waals surface area contributed by atoms with E-state index in [1.54, 1.807) is 0 Å². The van der Waals surface area contributed by atoms with Gasteiger partial charge in [0.1, 0.15) is 6.61 Å². The van der Waals surface area contributed by atoms with Gasteiger partial charge in [0.15, 0.2) is 6.10 Å². The average Bonchev–Trinajstić information content (AvgIpc) is 3.46. The summed E-state index contributed by atoms with van der Waals surface area (Å²) >= 11 is 0. The molecule has 0 radical (unpaired) electrons. The molecule has 5 nitrogen and oxygen atoms in total. The van der Waals surface area contributed by atoms with Gasteiger partial charge >= 0.3 is 11.9 Å². The average molecular weight is 1110 g/mol. The van der Waals surface area contributed by atoms with Gasteiger partial charge in [0.05, 0.1) is 6.61 Å². The van der Waals surface area contributed by atoms with Crippen LogP contribution in [0.4, 0.5) is 0 Å². The third kappa shape index (κ3) is 67.1. The molecule has 460 valence electrons.